The summed E-state index contributed by atoms with van der Waals surface area (Å²) in [7, 11) is 3.25. The number of amides is 1. The van der Waals surface area contributed by atoms with Crippen LogP contribution in [-0.2, 0) is 11.2 Å². The van der Waals surface area contributed by atoms with Gasteiger partial charge in [-0.15, -0.1) is 6.58 Å². The first-order valence-corrected chi connectivity index (χ1v) is 6.79. The highest BCUT2D eigenvalue weighted by atomic mass is 16.5. The van der Waals surface area contributed by atoms with E-state index in [1.54, 1.807) is 14.2 Å². The maximum Gasteiger partial charge on any atom is 0.223 e. The first-order chi connectivity index (χ1) is 9.67. The molecule has 1 atom stereocenters. The van der Waals surface area contributed by atoms with Gasteiger partial charge in [-0.2, -0.15) is 0 Å². The Hall–Kier alpha value is -1.97. The third-order valence-electron chi connectivity index (χ3n) is 3.70. The van der Waals surface area contributed by atoms with Crippen LogP contribution in [0.25, 0.3) is 0 Å². The number of ether oxygens (including phenoxy) is 2. The lowest BCUT2D eigenvalue weighted by Gasteiger charge is -2.16. The Balaban J connectivity index is 1.97. The molecule has 108 valence electrons. The zero-order valence-electron chi connectivity index (χ0n) is 12.1. The van der Waals surface area contributed by atoms with E-state index >= 15 is 0 Å². The minimum absolute atomic E-state index is 0.218. The minimum Gasteiger partial charge on any atom is -0.493 e. The second kappa shape index (κ2) is 6.46. The highest BCUT2D eigenvalue weighted by Gasteiger charge is 2.26. The van der Waals surface area contributed by atoms with Gasteiger partial charge in [-0.1, -0.05) is 12.1 Å². The van der Waals surface area contributed by atoms with Gasteiger partial charge in [0.15, 0.2) is 11.5 Å². The third kappa shape index (κ3) is 3.13. The van der Waals surface area contributed by atoms with Crippen LogP contribution in [0, 0.1) is 5.92 Å². The lowest BCUT2D eigenvalue weighted by Crippen LogP contribution is -2.27. The van der Waals surface area contributed by atoms with Gasteiger partial charge in [-0.05, 0) is 24.1 Å². The second-order valence-corrected chi connectivity index (χ2v) is 4.98. The van der Waals surface area contributed by atoms with Crippen molar-refractivity contribution >= 4 is 5.91 Å². The summed E-state index contributed by atoms with van der Waals surface area (Å²) in [6.45, 7) is 5.28. The van der Waals surface area contributed by atoms with Gasteiger partial charge in [0.25, 0.3) is 0 Å². The molecule has 0 saturated carbocycles. The van der Waals surface area contributed by atoms with E-state index in [4.69, 9.17) is 9.47 Å². The number of methoxy groups -OCH3 is 2. The Morgan fingerprint density at radius 2 is 2.10 bits per heavy atom. The van der Waals surface area contributed by atoms with Crippen LogP contribution in [0.2, 0.25) is 0 Å². The number of hydrogen-bond acceptors (Lipinski definition) is 3. The fourth-order valence-corrected chi connectivity index (χ4v) is 2.48. The van der Waals surface area contributed by atoms with Crippen molar-refractivity contribution in [2.24, 2.45) is 5.92 Å². The van der Waals surface area contributed by atoms with Crippen molar-refractivity contribution in [2.75, 3.05) is 27.3 Å². The van der Waals surface area contributed by atoms with Crippen molar-refractivity contribution in [3.05, 3.63) is 36.4 Å². The second-order valence-electron chi connectivity index (χ2n) is 4.98. The molecule has 0 aliphatic carbocycles. The van der Waals surface area contributed by atoms with E-state index in [1.165, 1.54) is 0 Å². The predicted molar refractivity (Wildman–Crippen MR) is 78.1 cm³/mol. The first kappa shape index (κ1) is 14.4. The lowest BCUT2D eigenvalue weighted by molar-refractivity contribution is -0.127. The standard InChI is InChI=1S/C16H21NO3/c1-4-12-10-16(18)17(11-12)8-7-13-5-6-14(19-2)15(9-13)20-3/h4-6,9,12H,1,7-8,10-11H2,2-3H3. The van der Waals surface area contributed by atoms with Crippen LogP contribution in [0.3, 0.4) is 0 Å². The van der Waals surface area contributed by atoms with Crippen LogP contribution in [0.4, 0.5) is 0 Å². The summed E-state index contributed by atoms with van der Waals surface area (Å²) in [5, 5.41) is 0. The summed E-state index contributed by atoms with van der Waals surface area (Å²) in [4.78, 5) is 13.7. The molecular weight excluding hydrogens is 254 g/mol. The van der Waals surface area contributed by atoms with Gasteiger partial charge >= 0.3 is 0 Å². The number of benzene rings is 1. The van der Waals surface area contributed by atoms with Gasteiger partial charge in [0, 0.05) is 25.4 Å². The zero-order chi connectivity index (χ0) is 14.5. The van der Waals surface area contributed by atoms with Gasteiger partial charge in [0.1, 0.15) is 0 Å². The topological polar surface area (TPSA) is 38.8 Å². The number of carbonyl (C=O) groups excluding carboxylic acids is 1. The van der Waals surface area contributed by atoms with Crippen LogP contribution < -0.4 is 9.47 Å². The number of hydrogen-bond donors (Lipinski definition) is 0. The van der Waals surface area contributed by atoms with Crippen molar-refractivity contribution in [3.8, 4) is 11.5 Å². The first-order valence-electron chi connectivity index (χ1n) is 6.79. The molecule has 1 aromatic rings. The molecule has 1 aliphatic rings. The van der Waals surface area contributed by atoms with Gasteiger partial charge < -0.3 is 14.4 Å². The molecule has 1 amide bonds. The fourth-order valence-electron chi connectivity index (χ4n) is 2.48. The highest BCUT2D eigenvalue weighted by Crippen LogP contribution is 2.28. The molecule has 1 unspecified atom stereocenters. The van der Waals surface area contributed by atoms with Crippen LogP contribution in [-0.4, -0.2) is 38.1 Å². The number of likely N-dealkylation sites (tertiary alicyclic amines) is 1. The van der Waals surface area contributed by atoms with Gasteiger partial charge in [-0.3, -0.25) is 4.79 Å². The van der Waals surface area contributed by atoms with Crippen LogP contribution in [0.15, 0.2) is 30.9 Å². The SMILES string of the molecule is C=CC1CC(=O)N(CCc2ccc(OC)c(OC)c2)C1. The predicted octanol–water partition coefficient (Wildman–Crippen LogP) is 2.28. The normalized spacial score (nSPS) is 18.2. The molecule has 0 spiro atoms. The largest absolute Gasteiger partial charge is 0.493 e. The Bertz CT molecular complexity index is 498. The molecule has 1 saturated heterocycles. The maximum atomic E-state index is 11.8. The van der Waals surface area contributed by atoms with E-state index in [0.717, 1.165) is 36.6 Å². The van der Waals surface area contributed by atoms with E-state index in [9.17, 15) is 4.79 Å². The van der Waals surface area contributed by atoms with Crippen LogP contribution in [0.5, 0.6) is 11.5 Å². The van der Waals surface area contributed by atoms with Gasteiger partial charge in [-0.25, -0.2) is 0 Å². The van der Waals surface area contributed by atoms with E-state index in [1.807, 2.05) is 29.2 Å². The Morgan fingerprint density at radius 3 is 2.70 bits per heavy atom. The molecule has 0 bridgehead atoms. The fraction of sp³-hybridized carbons (Fsp3) is 0.438. The van der Waals surface area contributed by atoms with E-state index in [-0.39, 0.29) is 5.91 Å². The Kier molecular flexibility index (Phi) is 4.66. The summed E-state index contributed by atoms with van der Waals surface area (Å²) in [5.41, 5.74) is 1.14. The van der Waals surface area contributed by atoms with Crippen LogP contribution >= 0.6 is 0 Å². The summed E-state index contributed by atoms with van der Waals surface area (Å²) >= 11 is 0. The van der Waals surface area contributed by atoms with Gasteiger partial charge in [0.05, 0.1) is 14.2 Å². The average molecular weight is 275 g/mol. The maximum absolute atomic E-state index is 11.8. The molecule has 0 aromatic heterocycles. The number of rotatable bonds is 6. The smallest absolute Gasteiger partial charge is 0.223 e. The zero-order valence-corrected chi connectivity index (χ0v) is 12.1. The molecule has 2 rings (SSSR count). The summed E-state index contributed by atoms with van der Waals surface area (Å²) in [6.07, 6.45) is 3.28. The van der Waals surface area contributed by atoms with Crippen molar-refractivity contribution in [1.82, 2.24) is 4.90 Å². The highest BCUT2D eigenvalue weighted by molar-refractivity contribution is 5.79. The molecule has 1 fully saturated rings. The lowest BCUT2D eigenvalue weighted by atomic mass is 10.1. The molecule has 0 N–H and O–H groups in total. The van der Waals surface area contributed by atoms with Crippen molar-refractivity contribution in [1.29, 1.82) is 0 Å². The quantitative estimate of drug-likeness (QED) is 0.748. The van der Waals surface area contributed by atoms with Crippen molar-refractivity contribution in [3.63, 3.8) is 0 Å². The average Bonchev–Trinajstić information content (AvgIpc) is 2.85. The van der Waals surface area contributed by atoms with Crippen molar-refractivity contribution < 1.29 is 14.3 Å². The summed E-state index contributed by atoms with van der Waals surface area (Å²) in [5.74, 6) is 1.96. The van der Waals surface area contributed by atoms with E-state index < -0.39 is 0 Å². The number of nitrogens with zero attached hydrogens (tertiary/aromatic N) is 1. The molecule has 4 nitrogen and oxygen atoms in total. The molecule has 1 heterocycles. The van der Waals surface area contributed by atoms with Crippen LogP contribution in [0.1, 0.15) is 12.0 Å². The molecular formula is C16H21NO3. The molecule has 20 heavy (non-hydrogen) atoms. The minimum atomic E-state index is 0.218. The molecule has 0 radical (unpaired) electrons. The number of carbonyl (C=O) groups is 1. The summed E-state index contributed by atoms with van der Waals surface area (Å²) in [6, 6.07) is 5.86. The Labute approximate surface area is 120 Å². The molecule has 1 aliphatic heterocycles. The Morgan fingerprint density at radius 1 is 1.35 bits per heavy atom. The van der Waals surface area contributed by atoms with Gasteiger partial charge in [0.2, 0.25) is 5.91 Å². The molecule has 1 aromatic carbocycles. The monoisotopic (exact) mass is 275 g/mol. The third-order valence-corrected chi connectivity index (χ3v) is 3.70. The van der Waals surface area contributed by atoms with Crippen molar-refractivity contribution in [2.45, 2.75) is 12.8 Å². The molecule has 4 heteroatoms. The van der Waals surface area contributed by atoms with E-state index in [0.29, 0.717) is 12.3 Å². The van der Waals surface area contributed by atoms with E-state index in [2.05, 4.69) is 6.58 Å². The summed E-state index contributed by atoms with van der Waals surface area (Å²) < 4.78 is 10.5.